The molecule has 0 unspecified atom stereocenters. The third-order valence-corrected chi connectivity index (χ3v) is 5.53. The maximum absolute atomic E-state index is 12.0. The number of sulfonamides is 1. The van der Waals surface area contributed by atoms with Crippen molar-refractivity contribution in [2.75, 3.05) is 13.7 Å². The molecule has 25 heavy (non-hydrogen) atoms. The number of nitro groups is 1. The molecule has 11 heteroatoms. The van der Waals surface area contributed by atoms with Crippen LogP contribution in [0.2, 0.25) is 0 Å². The highest BCUT2D eigenvalue weighted by atomic mass is 32.2. The molecule has 0 aliphatic rings. The van der Waals surface area contributed by atoms with E-state index in [2.05, 4.69) is 5.10 Å². The van der Waals surface area contributed by atoms with Gasteiger partial charge in [-0.15, -0.1) is 11.3 Å². The minimum absolute atomic E-state index is 0.00585. The first-order chi connectivity index (χ1) is 11.9. The van der Waals surface area contributed by atoms with Crippen LogP contribution in [0.15, 0.2) is 39.0 Å². The van der Waals surface area contributed by atoms with Gasteiger partial charge in [0.2, 0.25) is 5.75 Å². The molecule has 0 aliphatic carbocycles. The van der Waals surface area contributed by atoms with Crippen LogP contribution in [0.1, 0.15) is 12.5 Å². The van der Waals surface area contributed by atoms with Gasteiger partial charge < -0.3 is 9.47 Å². The molecule has 0 fully saturated rings. The zero-order chi connectivity index (χ0) is 18.4. The van der Waals surface area contributed by atoms with E-state index in [0.717, 1.165) is 17.6 Å². The van der Waals surface area contributed by atoms with Gasteiger partial charge in [-0.25, -0.2) is 0 Å². The Kier molecular flexibility index (Phi) is 5.93. The molecule has 0 radical (unpaired) electrons. The number of rotatable bonds is 8. The largest absolute Gasteiger partial charge is 0.493 e. The molecule has 0 amide bonds. The number of thiophene rings is 1. The molecule has 2 rings (SSSR count). The maximum Gasteiger partial charge on any atom is 0.315 e. The fraction of sp³-hybridized carbons (Fsp3) is 0.214. The Morgan fingerprint density at radius 3 is 2.76 bits per heavy atom. The first kappa shape index (κ1) is 18.7. The smallest absolute Gasteiger partial charge is 0.315 e. The highest BCUT2D eigenvalue weighted by Gasteiger charge is 2.21. The van der Waals surface area contributed by atoms with E-state index >= 15 is 0 Å². The second-order valence-corrected chi connectivity index (χ2v) is 7.38. The van der Waals surface area contributed by atoms with Gasteiger partial charge in [-0.1, -0.05) is 6.07 Å². The number of ether oxygens (including phenoxy) is 2. The lowest BCUT2D eigenvalue weighted by molar-refractivity contribution is -0.385. The Labute approximate surface area is 148 Å². The average Bonchev–Trinajstić information content (AvgIpc) is 3.11. The average molecular weight is 385 g/mol. The number of methoxy groups -OCH3 is 1. The summed E-state index contributed by atoms with van der Waals surface area (Å²) in [6.07, 6.45) is 1.15. The van der Waals surface area contributed by atoms with E-state index in [1.165, 1.54) is 25.3 Å². The Bertz CT molecular complexity index is 878. The van der Waals surface area contributed by atoms with E-state index in [1.54, 1.807) is 18.4 Å². The predicted molar refractivity (Wildman–Crippen MR) is 93.1 cm³/mol. The van der Waals surface area contributed by atoms with Crippen LogP contribution in [-0.2, 0) is 10.0 Å². The van der Waals surface area contributed by atoms with E-state index in [9.17, 15) is 18.5 Å². The zero-order valence-electron chi connectivity index (χ0n) is 13.3. The summed E-state index contributed by atoms with van der Waals surface area (Å²) >= 11 is 1.05. The molecule has 0 bridgehead atoms. The third kappa shape index (κ3) is 4.45. The standard InChI is InChI=1S/C14H15N3O6S2/c1-3-23-14-11(17(18)19)7-10(8-12(14)22-2)9-15-16-25(20,21)13-5-4-6-24-13/h4-9,16H,3H2,1-2H3/b15-9+. The lowest BCUT2D eigenvalue weighted by atomic mass is 10.2. The van der Waals surface area contributed by atoms with Crippen molar-refractivity contribution >= 4 is 33.3 Å². The molecule has 0 spiro atoms. The number of hydrazone groups is 1. The summed E-state index contributed by atoms with van der Waals surface area (Å²) in [6.45, 7) is 1.92. The number of benzene rings is 1. The van der Waals surface area contributed by atoms with Gasteiger partial charge in [-0.2, -0.15) is 18.4 Å². The lowest BCUT2D eigenvalue weighted by Gasteiger charge is -2.10. The molecule has 1 heterocycles. The maximum atomic E-state index is 12.0. The highest BCUT2D eigenvalue weighted by Crippen LogP contribution is 2.37. The zero-order valence-corrected chi connectivity index (χ0v) is 15.0. The number of nitro benzene ring substituents is 1. The molecule has 0 saturated heterocycles. The number of hydrogen-bond acceptors (Lipinski definition) is 8. The van der Waals surface area contributed by atoms with Crippen LogP contribution in [0, 0.1) is 10.1 Å². The molecule has 0 saturated carbocycles. The van der Waals surface area contributed by atoms with Crippen molar-refractivity contribution < 1.29 is 22.8 Å². The number of nitrogens with one attached hydrogen (secondary N) is 1. The summed E-state index contributed by atoms with van der Waals surface area (Å²) in [7, 11) is -2.42. The molecule has 134 valence electrons. The molecule has 0 atom stereocenters. The van der Waals surface area contributed by atoms with E-state index in [0.29, 0.717) is 0 Å². The van der Waals surface area contributed by atoms with E-state index in [4.69, 9.17) is 9.47 Å². The van der Waals surface area contributed by atoms with Crippen molar-refractivity contribution in [1.29, 1.82) is 0 Å². The lowest BCUT2D eigenvalue weighted by Crippen LogP contribution is -2.17. The van der Waals surface area contributed by atoms with Crippen LogP contribution in [0.5, 0.6) is 11.5 Å². The van der Waals surface area contributed by atoms with Crippen molar-refractivity contribution in [3.05, 3.63) is 45.3 Å². The van der Waals surface area contributed by atoms with Crippen molar-refractivity contribution in [2.24, 2.45) is 5.10 Å². The second-order valence-electron chi connectivity index (χ2n) is 4.55. The molecular weight excluding hydrogens is 370 g/mol. The Hall–Kier alpha value is -2.66. The van der Waals surface area contributed by atoms with Crippen LogP contribution in [0.4, 0.5) is 5.69 Å². The monoisotopic (exact) mass is 385 g/mol. The summed E-state index contributed by atoms with van der Waals surface area (Å²) in [6, 6.07) is 5.72. The minimum Gasteiger partial charge on any atom is -0.493 e. The first-order valence-electron chi connectivity index (χ1n) is 6.96. The Morgan fingerprint density at radius 2 is 2.20 bits per heavy atom. The van der Waals surface area contributed by atoms with E-state index in [-0.39, 0.29) is 33.6 Å². The van der Waals surface area contributed by atoms with Gasteiger partial charge in [-0.05, 0) is 24.4 Å². The summed E-state index contributed by atoms with van der Waals surface area (Å²) < 4.78 is 34.4. The molecule has 1 aromatic heterocycles. The molecule has 1 N–H and O–H groups in total. The summed E-state index contributed by atoms with van der Waals surface area (Å²) in [4.78, 5) is 12.7. The van der Waals surface area contributed by atoms with Crippen LogP contribution < -0.4 is 14.3 Å². The van der Waals surface area contributed by atoms with E-state index < -0.39 is 14.9 Å². The van der Waals surface area contributed by atoms with Crippen molar-refractivity contribution in [2.45, 2.75) is 11.1 Å². The van der Waals surface area contributed by atoms with Crippen molar-refractivity contribution in [3.63, 3.8) is 0 Å². The van der Waals surface area contributed by atoms with Crippen LogP contribution in [0.3, 0.4) is 0 Å². The van der Waals surface area contributed by atoms with E-state index in [1.807, 2.05) is 4.83 Å². The normalized spacial score (nSPS) is 11.4. The predicted octanol–water partition coefficient (Wildman–Crippen LogP) is 2.38. The molecule has 0 aliphatic heterocycles. The second kappa shape index (κ2) is 7.94. The van der Waals surface area contributed by atoms with Crippen molar-refractivity contribution in [1.82, 2.24) is 4.83 Å². The first-order valence-corrected chi connectivity index (χ1v) is 9.33. The van der Waals surface area contributed by atoms with Crippen LogP contribution >= 0.6 is 11.3 Å². The molecule has 2 aromatic rings. The van der Waals surface area contributed by atoms with Gasteiger partial charge in [0.1, 0.15) is 4.21 Å². The van der Waals surface area contributed by atoms with Gasteiger partial charge >= 0.3 is 5.69 Å². The quantitative estimate of drug-likeness (QED) is 0.423. The van der Waals surface area contributed by atoms with Gasteiger partial charge in [-0.3, -0.25) is 10.1 Å². The summed E-state index contributed by atoms with van der Waals surface area (Å²) in [5.41, 5.74) is -0.0235. The number of hydrogen-bond donors (Lipinski definition) is 1. The van der Waals surface area contributed by atoms with Crippen molar-refractivity contribution in [3.8, 4) is 11.5 Å². The van der Waals surface area contributed by atoms with Gasteiger partial charge in [0, 0.05) is 11.6 Å². The Morgan fingerprint density at radius 1 is 1.44 bits per heavy atom. The molecule has 9 nitrogen and oxygen atoms in total. The van der Waals surface area contributed by atoms with Gasteiger partial charge in [0.05, 0.1) is 24.9 Å². The molecular formula is C14H15N3O6S2. The SMILES string of the molecule is CCOc1c(OC)cc(/C=N/NS(=O)(=O)c2cccs2)cc1[N+](=O)[O-]. The fourth-order valence-electron chi connectivity index (χ4n) is 1.89. The summed E-state index contributed by atoms with van der Waals surface area (Å²) in [5, 5.41) is 16.5. The summed E-state index contributed by atoms with van der Waals surface area (Å²) in [5.74, 6) is 0.157. The van der Waals surface area contributed by atoms with Gasteiger partial charge in [0.15, 0.2) is 5.75 Å². The topological polar surface area (TPSA) is 120 Å². The molecule has 1 aromatic carbocycles. The fourth-order valence-corrected chi connectivity index (χ4v) is 3.66. The van der Waals surface area contributed by atoms with Crippen LogP contribution in [-0.4, -0.2) is 33.3 Å². The minimum atomic E-state index is -3.77. The highest BCUT2D eigenvalue weighted by molar-refractivity contribution is 7.91. The van der Waals surface area contributed by atoms with Crippen LogP contribution in [0.25, 0.3) is 0 Å². The Balaban J connectivity index is 2.30. The third-order valence-electron chi connectivity index (χ3n) is 2.91. The van der Waals surface area contributed by atoms with Gasteiger partial charge in [0.25, 0.3) is 10.0 Å². The number of nitrogens with zero attached hydrogens (tertiary/aromatic N) is 2.